The fourth-order valence-corrected chi connectivity index (χ4v) is 4.33. The first-order valence-electron chi connectivity index (χ1n) is 10.2. The highest BCUT2D eigenvalue weighted by molar-refractivity contribution is 14.1. The molecule has 1 aromatic heterocycles. The van der Waals surface area contributed by atoms with Crippen LogP contribution < -0.4 is 10.6 Å². The van der Waals surface area contributed by atoms with Crippen molar-refractivity contribution in [3.8, 4) is 0 Å². The smallest absolute Gasteiger partial charge is 0.234 e. The monoisotopic (exact) mass is 563 g/mol. The van der Waals surface area contributed by atoms with Gasteiger partial charge in [0.25, 0.3) is 0 Å². The van der Waals surface area contributed by atoms with E-state index in [0.717, 1.165) is 20.4 Å². The van der Waals surface area contributed by atoms with E-state index in [0.29, 0.717) is 23.3 Å². The maximum atomic E-state index is 12.5. The molecule has 0 aliphatic heterocycles. The van der Waals surface area contributed by atoms with Gasteiger partial charge in [-0.05, 0) is 57.8 Å². The van der Waals surface area contributed by atoms with Crippen molar-refractivity contribution in [1.82, 2.24) is 20.1 Å². The number of thioether (sulfide) groups is 1. The Labute approximate surface area is 205 Å². The molecule has 32 heavy (non-hydrogen) atoms. The zero-order chi connectivity index (χ0) is 23.1. The van der Waals surface area contributed by atoms with Gasteiger partial charge in [-0.2, -0.15) is 0 Å². The second-order valence-corrected chi connectivity index (χ2v) is 9.81. The molecule has 0 saturated heterocycles. The molecule has 0 unspecified atom stereocenters. The molecule has 0 aliphatic carbocycles. The Morgan fingerprint density at radius 3 is 2.56 bits per heavy atom. The molecule has 0 fully saturated rings. The van der Waals surface area contributed by atoms with Crippen LogP contribution in [0.4, 0.5) is 5.69 Å². The minimum atomic E-state index is -0.0983. The van der Waals surface area contributed by atoms with Gasteiger partial charge in [0.05, 0.1) is 18.7 Å². The van der Waals surface area contributed by atoms with E-state index in [-0.39, 0.29) is 24.1 Å². The van der Waals surface area contributed by atoms with Crippen molar-refractivity contribution in [2.45, 2.75) is 37.9 Å². The molecule has 7 nitrogen and oxygen atoms in total. The summed E-state index contributed by atoms with van der Waals surface area (Å²) in [5, 5.41) is 14.8. The lowest BCUT2D eigenvalue weighted by molar-refractivity contribution is -0.120. The average molecular weight is 563 g/mol. The van der Waals surface area contributed by atoms with Crippen molar-refractivity contribution in [3.63, 3.8) is 0 Å². The summed E-state index contributed by atoms with van der Waals surface area (Å²) in [6, 6.07) is 15.6. The van der Waals surface area contributed by atoms with Gasteiger partial charge in [0, 0.05) is 16.3 Å². The third-order valence-corrected chi connectivity index (χ3v) is 6.51. The molecule has 0 bridgehead atoms. The summed E-state index contributed by atoms with van der Waals surface area (Å²) in [6.07, 6.45) is 0.317. The topological polar surface area (TPSA) is 88.9 Å². The van der Waals surface area contributed by atoms with Crippen molar-refractivity contribution in [2.24, 2.45) is 7.05 Å². The van der Waals surface area contributed by atoms with Gasteiger partial charge >= 0.3 is 0 Å². The Hall–Kier alpha value is -2.40. The highest BCUT2D eigenvalue weighted by atomic mass is 127. The molecule has 9 heteroatoms. The zero-order valence-corrected chi connectivity index (χ0v) is 21.2. The van der Waals surface area contributed by atoms with Crippen LogP contribution in [0.3, 0.4) is 0 Å². The number of anilines is 1. The fourth-order valence-electron chi connectivity index (χ4n) is 3.09. The van der Waals surface area contributed by atoms with Crippen molar-refractivity contribution in [3.05, 3.63) is 69.1 Å². The number of hydrogen-bond donors (Lipinski definition) is 2. The molecule has 2 aromatic carbocycles. The lowest BCUT2D eigenvalue weighted by Crippen LogP contribution is -2.26. The van der Waals surface area contributed by atoms with Gasteiger partial charge in [0.2, 0.25) is 11.8 Å². The van der Waals surface area contributed by atoms with Gasteiger partial charge < -0.3 is 15.2 Å². The van der Waals surface area contributed by atoms with Crippen molar-refractivity contribution >= 4 is 51.9 Å². The van der Waals surface area contributed by atoms with Gasteiger partial charge in [-0.15, -0.1) is 10.2 Å². The van der Waals surface area contributed by atoms with Crippen molar-refractivity contribution in [1.29, 1.82) is 0 Å². The zero-order valence-electron chi connectivity index (χ0n) is 18.3. The molecule has 0 radical (unpaired) electrons. The van der Waals surface area contributed by atoms with Crippen LogP contribution >= 0.6 is 34.4 Å². The van der Waals surface area contributed by atoms with E-state index in [2.05, 4.69) is 63.3 Å². The number of carbonyl (C=O) groups excluding carboxylic acids is 2. The lowest BCUT2D eigenvalue weighted by atomic mass is 10.0. The van der Waals surface area contributed by atoms with Gasteiger partial charge in [-0.25, -0.2) is 0 Å². The molecule has 0 atom stereocenters. The number of nitrogens with one attached hydrogen (secondary N) is 2. The Kier molecular flexibility index (Phi) is 8.68. The van der Waals surface area contributed by atoms with E-state index in [1.165, 1.54) is 11.8 Å². The number of rotatable bonds is 9. The van der Waals surface area contributed by atoms with Gasteiger partial charge in [-0.3, -0.25) is 9.59 Å². The van der Waals surface area contributed by atoms with Crippen LogP contribution in [-0.4, -0.2) is 32.3 Å². The van der Waals surface area contributed by atoms with Gasteiger partial charge in [-0.1, -0.05) is 55.9 Å². The molecule has 0 saturated carbocycles. The number of halogens is 1. The third kappa shape index (κ3) is 6.80. The van der Waals surface area contributed by atoms with E-state index in [1.807, 2.05) is 49.5 Å². The highest BCUT2D eigenvalue weighted by Gasteiger charge is 2.14. The molecule has 2 N–H and O–H groups in total. The van der Waals surface area contributed by atoms with E-state index in [1.54, 1.807) is 4.57 Å². The van der Waals surface area contributed by atoms with Gasteiger partial charge in [0.1, 0.15) is 0 Å². The molecule has 168 valence electrons. The van der Waals surface area contributed by atoms with E-state index < -0.39 is 0 Å². The summed E-state index contributed by atoms with van der Waals surface area (Å²) in [4.78, 5) is 24.7. The summed E-state index contributed by atoms with van der Waals surface area (Å²) >= 11 is 3.59. The van der Waals surface area contributed by atoms with Crippen LogP contribution in [0.1, 0.15) is 36.7 Å². The van der Waals surface area contributed by atoms with Crippen LogP contribution in [0.15, 0.2) is 53.7 Å². The Balaban J connectivity index is 1.51. The van der Waals surface area contributed by atoms with Crippen LogP contribution in [-0.2, 0) is 29.6 Å². The van der Waals surface area contributed by atoms with Crippen LogP contribution in [0.2, 0.25) is 0 Å². The number of nitrogens with zero attached hydrogens (tertiary/aromatic N) is 3. The molecular weight excluding hydrogens is 537 g/mol. The highest BCUT2D eigenvalue weighted by Crippen LogP contribution is 2.26. The van der Waals surface area contributed by atoms with Crippen molar-refractivity contribution < 1.29 is 9.59 Å². The first-order valence-corrected chi connectivity index (χ1v) is 12.3. The molecule has 3 aromatic rings. The van der Waals surface area contributed by atoms with Gasteiger partial charge in [0.15, 0.2) is 11.0 Å². The molecule has 2 amide bonds. The lowest BCUT2D eigenvalue weighted by Gasteiger charge is -2.14. The Morgan fingerprint density at radius 1 is 1.09 bits per heavy atom. The van der Waals surface area contributed by atoms with Crippen LogP contribution in [0.5, 0.6) is 0 Å². The molecule has 1 heterocycles. The number of aromatic nitrogens is 3. The molecular formula is C23H26IN5O2S. The quantitative estimate of drug-likeness (QED) is 0.302. The predicted molar refractivity (Wildman–Crippen MR) is 136 cm³/mol. The number of benzene rings is 2. The normalized spacial score (nSPS) is 10.9. The predicted octanol–water partition coefficient (Wildman–Crippen LogP) is 4.13. The van der Waals surface area contributed by atoms with E-state index >= 15 is 0 Å². The summed E-state index contributed by atoms with van der Waals surface area (Å²) < 4.78 is 2.94. The number of carbonyl (C=O) groups is 2. The molecule has 3 rings (SSSR count). The maximum Gasteiger partial charge on any atom is 0.234 e. The first kappa shape index (κ1) is 24.2. The second-order valence-electron chi connectivity index (χ2n) is 7.62. The SMILES string of the molecule is CC(C)c1cc(I)ccc1NC(=O)CSc1nnc(CNC(=O)Cc2ccccc2)n1C. The van der Waals surface area contributed by atoms with Crippen LogP contribution in [0, 0.1) is 3.57 Å². The first-order chi connectivity index (χ1) is 15.3. The van der Waals surface area contributed by atoms with E-state index in [4.69, 9.17) is 0 Å². The standard InChI is InChI=1S/C23H26IN5O2S/c1-15(2)18-12-17(24)9-10-19(18)26-22(31)14-32-23-28-27-20(29(23)3)13-25-21(30)11-16-7-5-4-6-8-16/h4-10,12,15H,11,13-14H2,1-3H3,(H,25,30)(H,26,31). The largest absolute Gasteiger partial charge is 0.349 e. The van der Waals surface area contributed by atoms with E-state index in [9.17, 15) is 9.59 Å². The average Bonchev–Trinajstić information content (AvgIpc) is 3.12. The summed E-state index contributed by atoms with van der Waals surface area (Å²) in [5.41, 5.74) is 2.91. The Morgan fingerprint density at radius 2 is 1.84 bits per heavy atom. The minimum Gasteiger partial charge on any atom is -0.349 e. The van der Waals surface area contributed by atoms with Crippen molar-refractivity contribution in [2.75, 3.05) is 11.1 Å². The minimum absolute atomic E-state index is 0.0775. The Bertz CT molecular complexity index is 1090. The number of hydrogen-bond acceptors (Lipinski definition) is 5. The molecule has 0 spiro atoms. The fraction of sp³-hybridized carbons (Fsp3) is 0.304. The third-order valence-electron chi connectivity index (χ3n) is 4.82. The summed E-state index contributed by atoms with van der Waals surface area (Å²) in [6.45, 7) is 4.49. The molecule has 0 aliphatic rings. The second kappa shape index (κ2) is 11.5. The summed E-state index contributed by atoms with van der Waals surface area (Å²) in [5.74, 6) is 0.987. The number of amides is 2. The van der Waals surface area contributed by atoms with Crippen LogP contribution in [0.25, 0.3) is 0 Å². The summed E-state index contributed by atoms with van der Waals surface area (Å²) in [7, 11) is 1.83. The maximum absolute atomic E-state index is 12.5.